The Labute approximate surface area is 108 Å². The Morgan fingerprint density at radius 1 is 1.17 bits per heavy atom. The SMILES string of the molecule is CC(C)N1CCCCN(C(=O)n2cncn2)CC1. The lowest BCUT2D eigenvalue weighted by atomic mass is 10.2. The Kier molecular flexibility index (Phi) is 4.30. The summed E-state index contributed by atoms with van der Waals surface area (Å²) in [6, 6.07) is 0.463. The predicted octanol–water partition coefficient (Wildman–Crippen LogP) is 1.05. The van der Waals surface area contributed by atoms with Gasteiger partial charge < -0.3 is 4.90 Å². The van der Waals surface area contributed by atoms with Crippen LogP contribution in [0.15, 0.2) is 12.7 Å². The molecule has 0 atom stereocenters. The summed E-state index contributed by atoms with van der Waals surface area (Å²) in [5, 5.41) is 3.90. The van der Waals surface area contributed by atoms with Crippen LogP contribution in [0.5, 0.6) is 0 Å². The van der Waals surface area contributed by atoms with E-state index >= 15 is 0 Å². The molecule has 0 N–H and O–H groups in total. The van der Waals surface area contributed by atoms with Crippen LogP contribution in [0.25, 0.3) is 0 Å². The Morgan fingerprint density at radius 3 is 2.61 bits per heavy atom. The fraction of sp³-hybridized carbons (Fsp3) is 0.750. The zero-order valence-electron chi connectivity index (χ0n) is 11.1. The van der Waals surface area contributed by atoms with Crippen molar-refractivity contribution in [2.75, 3.05) is 26.2 Å². The Bertz CT molecular complexity index is 376. The van der Waals surface area contributed by atoms with Crippen LogP contribution < -0.4 is 0 Å². The van der Waals surface area contributed by atoms with Crippen molar-refractivity contribution in [3.8, 4) is 0 Å². The number of hydrogen-bond acceptors (Lipinski definition) is 4. The van der Waals surface area contributed by atoms with E-state index in [2.05, 4.69) is 28.8 Å². The minimum absolute atomic E-state index is 0.0712. The molecule has 0 bridgehead atoms. The molecule has 1 fully saturated rings. The molecule has 1 amide bonds. The van der Waals surface area contributed by atoms with Crippen molar-refractivity contribution in [1.29, 1.82) is 0 Å². The Morgan fingerprint density at radius 2 is 1.94 bits per heavy atom. The zero-order valence-corrected chi connectivity index (χ0v) is 11.1. The molecule has 0 aliphatic carbocycles. The van der Waals surface area contributed by atoms with E-state index in [1.807, 2.05) is 4.90 Å². The molecule has 6 nitrogen and oxygen atoms in total. The fourth-order valence-corrected chi connectivity index (χ4v) is 2.25. The first-order chi connectivity index (χ1) is 8.68. The molecule has 1 saturated heterocycles. The fourth-order valence-electron chi connectivity index (χ4n) is 2.25. The van der Waals surface area contributed by atoms with Crippen molar-refractivity contribution in [2.45, 2.75) is 32.7 Å². The van der Waals surface area contributed by atoms with Crippen LogP contribution in [-0.2, 0) is 0 Å². The van der Waals surface area contributed by atoms with E-state index < -0.39 is 0 Å². The topological polar surface area (TPSA) is 54.3 Å². The van der Waals surface area contributed by atoms with Crippen molar-refractivity contribution in [3.05, 3.63) is 12.7 Å². The third kappa shape index (κ3) is 3.07. The van der Waals surface area contributed by atoms with E-state index in [-0.39, 0.29) is 6.03 Å². The first kappa shape index (κ1) is 13.0. The van der Waals surface area contributed by atoms with Crippen LogP contribution >= 0.6 is 0 Å². The van der Waals surface area contributed by atoms with E-state index in [0.29, 0.717) is 6.04 Å². The second-order valence-corrected chi connectivity index (χ2v) is 4.95. The van der Waals surface area contributed by atoms with Crippen molar-refractivity contribution < 1.29 is 4.79 Å². The maximum atomic E-state index is 12.2. The average molecular weight is 251 g/mol. The van der Waals surface area contributed by atoms with Crippen LogP contribution in [0.4, 0.5) is 4.79 Å². The zero-order chi connectivity index (χ0) is 13.0. The molecule has 1 aromatic rings. The summed E-state index contributed by atoms with van der Waals surface area (Å²) in [4.78, 5) is 20.3. The van der Waals surface area contributed by atoms with Gasteiger partial charge in [-0.05, 0) is 33.2 Å². The molecule has 0 radical (unpaired) electrons. The molecular formula is C12H21N5O. The number of hydrogen-bond donors (Lipinski definition) is 0. The van der Waals surface area contributed by atoms with Crippen LogP contribution in [-0.4, -0.2) is 62.8 Å². The number of amides is 1. The lowest BCUT2D eigenvalue weighted by Crippen LogP contribution is -2.45. The molecule has 6 heteroatoms. The van der Waals surface area contributed by atoms with Gasteiger partial charge in [-0.3, -0.25) is 4.90 Å². The minimum atomic E-state index is -0.0712. The van der Waals surface area contributed by atoms with E-state index in [4.69, 9.17) is 0 Å². The molecule has 2 heterocycles. The quantitative estimate of drug-likeness (QED) is 0.748. The van der Waals surface area contributed by atoms with Gasteiger partial charge in [0.2, 0.25) is 0 Å². The van der Waals surface area contributed by atoms with Crippen LogP contribution in [0.2, 0.25) is 0 Å². The first-order valence-corrected chi connectivity index (χ1v) is 6.56. The summed E-state index contributed by atoms with van der Waals surface area (Å²) in [5.74, 6) is 0. The summed E-state index contributed by atoms with van der Waals surface area (Å²) >= 11 is 0. The predicted molar refractivity (Wildman–Crippen MR) is 68.3 cm³/mol. The third-order valence-corrected chi connectivity index (χ3v) is 3.40. The van der Waals surface area contributed by atoms with Gasteiger partial charge in [0.05, 0.1) is 0 Å². The van der Waals surface area contributed by atoms with Gasteiger partial charge in [0, 0.05) is 25.7 Å². The smallest absolute Gasteiger partial charge is 0.322 e. The summed E-state index contributed by atoms with van der Waals surface area (Å²) < 4.78 is 1.31. The summed E-state index contributed by atoms with van der Waals surface area (Å²) in [5.41, 5.74) is 0. The first-order valence-electron chi connectivity index (χ1n) is 6.56. The van der Waals surface area contributed by atoms with Crippen LogP contribution in [0.1, 0.15) is 26.7 Å². The summed E-state index contributed by atoms with van der Waals surface area (Å²) in [6.45, 7) is 8.03. The Balaban J connectivity index is 1.98. The van der Waals surface area contributed by atoms with Crippen molar-refractivity contribution in [3.63, 3.8) is 0 Å². The molecule has 0 spiro atoms. The molecule has 0 aromatic carbocycles. The number of carbonyl (C=O) groups is 1. The van der Waals surface area contributed by atoms with Crippen molar-refractivity contribution in [2.24, 2.45) is 0 Å². The maximum Gasteiger partial charge on any atom is 0.346 e. The molecule has 1 aromatic heterocycles. The van der Waals surface area contributed by atoms with Gasteiger partial charge in [-0.15, -0.1) is 0 Å². The molecular weight excluding hydrogens is 230 g/mol. The van der Waals surface area contributed by atoms with E-state index in [1.54, 1.807) is 0 Å². The van der Waals surface area contributed by atoms with E-state index in [9.17, 15) is 4.79 Å². The van der Waals surface area contributed by atoms with Gasteiger partial charge in [-0.2, -0.15) is 9.78 Å². The second-order valence-electron chi connectivity index (χ2n) is 4.95. The lowest BCUT2D eigenvalue weighted by Gasteiger charge is -2.32. The van der Waals surface area contributed by atoms with Gasteiger partial charge in [-0.25, -0.2) is 9.78 Å². The van der Waals surface area contributed by atoms with Gasteiger partial charge >= 0.3 is 6.03 Å². The molecule has 1 aliphatic rings. The third-order valence-electron chi connectivity index (χ3n) is 3.40. The molecule has 0 saturated carbocycles. The highest BCUT2D eigenvalue weighted by atomic mass is 16.2. The van der Waals surface area contributed by atoms with E-state index in [0.717, 1.165) is 39.0 Å². The monoisotopic (exact) mass is 251 g/mol. The minimum Gasteiger partial charge on any atom is -0.322 e. The normalized spacial score (nSPS) is 18.7. The van der Waals surface area contributed by atoms with Gasteiger partial charge in [0.15, 0.2) is 0 Å². The number of rotatable bonds is 1. The molecule has 1 aliphatic heterocycles. The highest BCUT2D eigenvalue weighted by molar-refractivity contribution is 5.75. The Hall–Kier alpha value is -1.43. The summed E-state index contributed by atoms with van der Waals surface area (Å²) in [7, 11) is 0. The number of nitrogens with zero attached hydrogens (tertiary/aromatic N) is 5. The van der Waals surface area contributed by atoms with Crippen molar-refractivity contribution >= 4 is 6.03 Å². The lowest BCUT2D eigenvalue weighted by molar-refractivity contribution is 0.149. The highest BCUT2D eigenvalue weighted by Gasteiger charge is 2.20. The van der Waals surface area contributed by atoms with Gasteiger partial charge in [0.25, 0.3) is 0 Å². The summed E-state index contributed by atoms with van der Waals surface area (Å²) in [6.07, 6.45) is 5.03. The van der Waals surface area contributed by atoms with Crippen molar-refractivity contribution in [1.82, 2.24) is 24.6 Å². The largest absolute Gasteiger partial charge is 0.346 e. The average Bonchev–Trinajstić information content (AvgIpc) is 2.80. The highest BCUT2D eigenvalue weighted by Crippen LogP contribution is 2.08. The molecule has 2 rings (SSSR count). The van der Waals surface area contributed by atoms with E-state index in [1.165, 1.54) is 17.3 Å². The molecule has 18 heavy (non-hydrogen) atoms. The number of carbonyl (C=O) groups excluding carboxylic acids is 1. The van der Waals surface area contributed by atoms with Crippen LogP contribution in [0.3, 0.4) is 0 Å². The van der Waals surface area contributed by atoms with Crippen LogP contribution in [0, 0.1) is 0 Å². The second kappa shape index (κ2) is 5.95. The standard InChI is InChI=1S/C12H21N5O/c1-11(2)15-5-3-4-6-16(8-7-15)12(18)17-10-13-9-14-17/h9-11H,3-8H2,1-2H3. The maximum absolute atomic E-state index is 12.2. The van der Waals surface area contributed by atoms with Gasteiger partial charge in [-0.1, -0.05) is 0 Å². The molecule has 0 unspecified atom stereocenters. The van der Waals surface area contributed by atoms with Gasteiger partial charge in [0.1, 0.15) is 12.7 Å². The number of aromatic nitrogens is 3. The molecule has 100 valence electrons.